The van der Waals surface area contributed by atoms with Gasteiger partial charge in [-0.3, -0.25) is 0 Å². The van der Waals surface area contributed by atoms with E-state index in [1.54, 1.807) is 0 Å². The Bertz CT molecular complexity index is 304. The van der Waals surface area contributed by atoms with Gasteiger partial charge < -0.3 is 10.2 Å². The molecule has 0 atom stereocenters. The van der Waals surface area contributed by atoms with Crippen molar-refractivity contribution in [3.63, 3.8) is 0 Å². The fourth-order valence-corrected chi connectivity index (χ4v) is 0.616. The standard InChI is InChI=1S/C5H3N3O4/c9-4(10)2-1-6-8-7-3(2)5(11)12/h1H,(H,9,10)(H,11,12)/p+1. The SMILES string of the molecule is O=C(O)c1c[nH+]nnc1C(=O)O. The van der Waals surface area contributed by atoms with Gasteiger partial charge in [0.2, 0.25) is 0 Å². The van der Waals surface area contributed by atoms with E-state index in [0.29, 0.717) is 0 Å². The van der Waals surface area contributed by atoms with Crippen molar-refractivity contribution in [2.45, 2.75) is 0 Å². The first-order chi connectivity index (χ1) is 5.63. The summed E-state index contributed by atoms with van der Waals surface area (Å²) in [6.07, 6.45) is 0.957. The summed E-state index contributed by atoms with van der Waals surface area (Å²) in [6.45, 7) is 0. The van der Waals surface area contributed by atoms with E-state index >= 15 is 0 Å². The molecule has 0 unspecified atom stereocenters. The van der Waals surface area contributed by atoms with Gasteiger partial charge in [0, 0.05) is 0 Å². The Morgan fingerprint density at radius 1 is 1.33 bits per heavy atom. The molecule has 0 saturated heterocycles. The Kier molecular flexibility index (Phi) is 1.95. The topological polar surface area (TPSA) is 115 Å². The lowest BCUT2D eigenvalue weighted by Crippen LogP contribution is -2.20. The van der Waals surface area contributed by atoms with Crippen LogP contribution in [0.5, 0.6) is 0 Å². The Labute approximate surface area is 65.7 Å². The predicted molar refractivity (Wildman–Crippen MR) is 32.5 cm³/mol. The molecule has 0 saturated carbocycles. The monoisotopic (exact) mass is 170 g/mol. The summed E-state index contributed by atoms with van der Waals surface area (Å²) in [5.41, 5.74) is -1.00. The summed E-state index contributed by atoms with van der Waals surface area (Å²) in [5.74, 6) is -2.78. The minimum absolute atomic E-state index is 0.419. The molecule has 0 bridgehead atoms. The van der Waals surface area contributed by atoms with Crippen LogP contribution in [0.1, 0.15) is 20.8 Å². The normalized spacial score (nSPS) is 9.33. The first-order valence-electron chi connectivity index (χ1n) is 2.83. The summed E-state index contributed by atoms with van der Waals surface area (Å²) in [5, 5.41) is 25.3. The molecule has 0 aliphatic rings. The van der Waals surface area contributed by atoms with Gasteiger partial charge in [-0.2, -0.15) is 0 Å². The Morgan fingerprint density at radius 3 is 2.42 bits per heavy atom. The maximum atomic E-state index is 10.4. The summed E-state index contributed by atoms with van der Waals surface area (Å²) >= 11 is 0. The van der Waals surface area contributed by atoms with E-state index in [9.17, 15) is 9.59 Å². The minimum Gasteiger partial charge on any atom is -0.477 e. The molecule has 0 aliphatic heterocycles. The second-order valence-corrected chi connectivity index (χ2v) is 1.85. The van der Waals surface area contributed by atoms with Crippen LogP contribution in [0, 0.1) is 0 Å². The Balaban J connectivity index is 3.27. The van der Waals surface area contributed by atoms with Crippen LogP contribution in [0.25, 0.3) is 0 Å². The average Bonchev–Trinajstić information content (AvgIpc) is 2.04. The molecule has 1 heterocycles. The molecule has 1 aromatic heterocycles. The van der Waals surface area contributed by atoms with Crippen molar-refractivity contribution in [3.8, 4) is 0 Å². The third-order valence-corrected chi connectivity index (χ3v) is 1.10. The number of nitrogens with one attached hydrogen (secondary N) is 1. The molecule has 7 heteroatoms. The molecular weight excluding hydrogens is 166 g/mol. The number of hydrogen-bond acceptors (Lipinski definition) is 4. The van der Waals surface area contributed by atoms with E-state index in [1.165, 1.54) is 0 Å². The second kappa shape index (κ2) is 2.91. The number of aromatic nitrogens is 3. The van der Waals surface area contributed by atoms with Gasteiger partial charge in [0.1, 0.15) is 11.4 Å². The van der Waals surface area contributed by atoms with Crippen molar-refractivity contribution in [3.05, 3.63) is 17.5 Å². The fourth-order valence-electron chi connectivity index (χ4n) is 0.616. The highest BCUT2D eigenvalue weighted by Gasteiger charge is 2.24. The van der Waals surface area contributed by atoms with Crippen LogP contribution in [0.3, 0.4) is 0 Å². The van der Waals surface area contributed by atoms with Gasteiger partial charge in [-0.25, -0.2) is 9.59 Å². The molecule has 7 nitrogen and oxygen atoms in total. The second-order valence-electron chi connectivity index (χ2n) is 1.85. The Morgan fingerprint density at radius 2 is 2.00 bits per heavy atom. The molecule has 0 aliphatic carbocycles. The van der Waals surface area contributed by atoms with Gasteiger partial charge in [0.15, 0.2) is 5.56 Å². The van der Waals surface area contributed by atoms with Gasteiger partial charge in [-0.05, 0) is 0 Å². The molecule has 62 valence electrons. The zero-order chi connectivity index (χ0) is 9.14. The van der Waals surface area contributed by atoms with Gasteiger partial charge in [-0.15, -0.1) is 5.10 Å². The molecule has 12 heavy (non-hydrogen) atoms. The van der Waals surface area contributed by atoms with Crippen LogP contribution in [0.4, 0.5) is 0 Å². The van der Waals surface area contributed by atoms with E-state index in [-0.39, 0.29) is 0 Å². The number of H-pyrrole nitrogens is 1. The van der Waals surface area contributed by atoms with E-state index in [4.69, 9.17) is 10.2 Å². The van der Waals surface area contributed by atoms with Crippen molar-refractivity contribution < 1.29 is 24.9 Å². The lowest BCUT2D eigenvalue weighted by molar-refractivity contribution is -0.464. The third-order valence-electron chi connectivity index (χ3n) is 1.10. The van der Waals surface area contributed by atoms with Crippen LogP contribution in [-0.2, 0) is 0 Å². The molecule has 0 aromatic carbocycles. The highest BCUT2D eigenvalue weighted by atomic mass is 16.4. The smallest absolute Gasteiger partial charge is 0.384 e. The van der Waals surface area contributed by atoms with Crippen LogP contribution in [0.15, 0.2) is 6.20 Å². The number of hydrogen-bond donors (Lipinski definition) is 2. The molecule has 1 aromatic rings. The molecule has 3 N–H and O–H groups in total. The maximum Gasteiger partial charge on any atom is 0.384 e. The van der Waals surface area contributed by atoms with Gasteiger partial charge >= 0.3 is 17.6 Å². The van der Waals surface area contributed by atoms with Crippen molar-refractivity contribution in [1.29, 1.82) is 0 Å². The number of nitrogens with zero attached hydrogens (tertiary/aromatic N) is 2. The average molecular weight is 170 g/mol. The molecule has 0 radical (unpaired) electrons. The molecular formula is C5H4N3O4+. The van der Waals surface area contributed by atoms with Crippen LogP contribution >= 0.6 is 0 Å². The zero-order valence-corrected chi connectivity index (χ0v) is 5.68. The van der Waals surface area contributed by atoms with Crippen LogP contribution in [-0.4, -0.2) is 32.5 Å². The first-order valence-corrected chi connectivity index (χ1v) is 2.83. The Hall–Kier alpha value is -2.05. The number of aromatic carboxylic acids is 2. The zero-order valence-electron chi connectivity index (χ0n) is 5.68. The maximum absolute atomic E-state index is 10.4. The number of carboxylic acid groups (broad SMARTS) is 2. The fraction of sp³-hybridized carbons (Fsp3) is 0. The number of rotatable bonds is 2. The van der Waals surface area contributed by atoms with Crippen molar-refractivity contribution in [1.82, 2.24) is 10.3 Å². The highest BCUT2D eigenvalue weighted by molar-refractivity contribution is 5.99. The summed E-state index contributed by atoms with van der Waals surface area (Å²) in [4.78, 5) is 20.7. The number of aromatic amines is 1. The van der Waals surface area contributed by atoms with Gasteiger partial charge in [0.05, 0.1) is 5.10 Å². The van der Waals surface area contributed by atoms with Crippen LogP contribution in [0.2, 0.25) is 0 Å². The minimum atomic E-state index is -1.42. The third kappa shape index (κ3) is 1.34. The van der Waals surface area contributed by atoms with Crippen molar-refractivity contribution in [2.75, 3.05) is 0 Å². The summed E-state index contributed by atoms with van der Waals surface area (Å²) in [6, 6.07) is 0. The van der Waals surface area contributed by atoms with Gasteiger partial charge in [-0.1, -0.05) is 0 Å². The summed E-state index contributed by atoms with van der Waals surface area (Å²) < 4.78 is 0. The predicted octanol–water partition coefficient (Wildman–Crippen LogP) is -1.31. The quantitative estimate of drug-likeness (QED) is 0.569. The lowest BCUT2D eigenvalue weighted by Gasteiger charge is -1.89. The summed E-state index contributed by atoms with van der Waals surface area (Å²) in [7, 11) is 0. The number of carbonyl (C=O) groups is 2. The van der Waals surface area contributed by atoms with Crippen molar-refractivity contribution >= 4 is 11.9 Å². The van der Waals surface area contributed by atoms with E-state index < -0.39 is 23.2 Å². The lowest BCUT2D eigenvalue weighted by atomic mass is 10.2. The number of carboxylic acids is 2. The molecule has 0 amide bonds. The molecule has 1 rings (SSSR count). The van der Waals surface area contributed by atoms with Crippen LogP contribution < -0.4 is 5.10 Å². The van der Waals surface area contributed by atoms with Gasteiger partial charge in [0.25, 0.3) is 0 Å². The molecule has 0 fully saturated rings. The highest BCUT2D eigenvalue weighted by Crippen LogP contribution is 1.99. The van der Waals surface area contributed by atoms with E-state index in [2.05, 4.69) is 15.4 Å². The van der Waals surface area contributed by atoms with Crippen molar-refractivity contribution in [2.24, 2.45) is 0 Å². The van der Waals surface area contributed by atoms with E-state index in [0.717, 1.165) is 6.20 Å². The first kappa shape index (κ1) is 8.05. The molecule has 0 spiro atoms. The largest absolute Gasteiger partial charge is 0.477 e. The van der Waals surface area contributed by atoms with E-state index in [1.807, 2.05) is 0 Å².